The standard InChI is InChI=1S/C18H18N6O4/c25-14-10-20-13(9-21-14)15(26)24-6-3-11(4-7-24)18(12-2-1-5-19-8-12)16(27)22-17(28)23-18/h1-2,5,8-11H,3-4,6-7H2,(H,21,25)(H2,22,23,27,28). The molecule has 4 rings (SSSR count). The molecular weight excluding hydrogens is 364 g/mol. The number of urea groups is 1. The molecule has 144 valence electrons. The number of amides is 4. The molecule has 0 aliphatic carbocycles. The van der Waals surface area contributed by atoms with E-state index in [1.807, 2.05) is 0 Å². The molecule has 0 aromatic carbocycles. The molecule has 1 atom stereocenters. The van der Waals surface area contributed by atoms with E-state index >= 15 is 0 Å². The second kappa shape index (κ2) is 6.87. The molecule has 4 heterocycles. The lowest BCUT2D eigenvalue weighted by atomic mass is 9.73. The highest BCUT2D eigenvalue weighted by Gasteiger charge is 2.53. The maximum atomic E-state index is 12.7. The summed E-state index contributed by atoms with van der Waals surface area (Å²) >= 11 is 0. The molecule has 2 saturated heterocycles. The SMILES string of the molecule is O=C1NC(=O)C(c2cccnc2)(C2CCN(C(=O)c3c[nH]c(=O)cn3)CC2)N1. The maximum Gasteiger partial charge on any atom is 0.322 e. The third-order valence-corrected chi connectivity index (χ3v) is 5.30. The van der Waals surface area contributed by atoms with Gasteiger partial charge in [-0.3, -0.25) is 24.7 Å². The molecule has 2 aromatic heterocycles. The monoisotopic (exact) mass is 382 g/mol. The normalized spacial score (nSPS) is 22.6. The minimum absolute atomic E-state index is 0.159. The number of carbonyl (C=O) groups excluding carboxylic acids is 3. The van der Waals surface area contributed by atoms with E-state index in [0.29, 0.717) is 31.5 Å². The number of hydrogen-bond acceptors (Lipinski definition) is 6. The summed E-state index contributed by atoms with van der Waals surface area (Å²) in [4.78, 5) is 60.4. The third kappa shape index (κ3) is 2.92. The van der Waals surface area contributed by atoms with Crippen LogP contribution >= 0.6 is 0 Å². The lowest BCUT2D eigenvalue weighted by molar-refractivity contribution is -0.127. The van der Waals surface area contributed by atoms with Crippen LogP contribution in [0.15, 0.2) is 41.7 Å². The summed E-state index contributed by atoms with van der Waals surface area (Å²) in [6.07, 6.45) is 6.56. The number of H-pyrrole nitrogens is 1. The van der Waals surface area contributed by atoms with Gasteiger partial charge in [0, 0.05) is 37.2 Å². The predicted octanol–water partition coefficient (Wildman–Crippen LogP) is -0.248. The summed E-state index contributed by atoms with van der Waals surface area (Å²) in [6.45, 7) is 0.797. The molecule has 0 spiro atoms. The van der Waals surface area contributed by atoms with Crippen molar-refractivity contribution in [3.8, 4) is 0 Å². The van der Waals surface area contributed by atoms with Crippen molar-refractivity contribution >= 4 is 17.8 Å². The van der Waals surface area contributed by atoms with E-state index in [0.717, 1.165) is 6.20 Å². The smallest absolute Gasteiger partial charge is 0.322 e. The Hall–Kier alpha value is -3.56. The largest absolute Gasteiger partial charge is 0.337 e. The number of piperidine rings is 1. The number of carbonyl (C=O) groups is 3. The summed E-state index contributed by atoms with van der Waals surface area (Å²) in [5, 5.41) is 5.12. The van der Waals surface area contributed by atoms with Gasteiger partial charge in [-0.25, -0.2) is 9.78 Å². The molecule has 2 fully saturated rings. The van der Waals surface area contributed by atoms with Crippen molar-refractivity contribution < 1.29 is 14.4 Å². The van der Waals surface area contributed by atoms with Crippen molar-refractivity contribution in [2.45, 2.75) is 18.4 Å². The van der Waals surface area contributed by atoms with Crippen molar-refractivity contribution in [3.05, 3.63) is 58.5 Å². The Morgan fingerprint density at radius 3 is 2.54 bits per heavy atom. The lowest BCUT2D eigenvalue weighted by Crippen LogP contribution is -2.54. The Bertz CT molecular complexity index is 963. The van der Waals surface area contributed by atoms with Crippen molar-refractivity contribution in [1.82, 2.24) is 30.5 Å². The molecule has 4 amide bonds. The van der Waals surface area contributed by atoms with E-state index < -0.39 is 17.5 Å². The molecule has 2 aromatic rings. The molecule has 10 heteroatoms. The zero-order chi connectivity index (χ0) is 19.7. The Morgan fingerprint density at radius 2 is 1.96 bits per heavy atom. The first-order valence-electron chi connectivity index (χ1n) is 8.89. The van der Waals surface area contributed by atoms with Gasteiger partial charge in [-0.2, -0.15) is 0 Å². The van der Waals surface area contributed by atoms with Crippen LogP contribution in [0.2, 0.25) is 0 Å². The molecule has 2 aliphatic heterocycles. The minimum Gasteiger partial charge on any atom is -0.337 e. The van der Waals surface area contributed by atoms with E-state index in [1.54, 1.807) is 29.4 Å². The van der Waals surface area contributed by atoms with E-state index in [4.69, 9.17) is 0 Å². The highest BCUT2D eigenvalue weighted by atomic mass is 16.2. The Balaban J connectivity index is 1.55. The molecule has 0 saturated carbocycles. The highest BCUT2D eigenvalue weighted by Crippen LogP contribution is 2.38. The van der Waals surface area contributed by atoms with Crippen LogP contribution in [0.4, 0.5) is 4.79 Å². The van der Waals surface area contributed by atoms with Gasteiger partial charge in [0.2, 0.25) is 0 Å². The molecule has 0 radical (unpaired) electrons. The summed E-state index contributed by atoms with van der Waals surface area (Å²) in [5.41, 5.74) is -0.800. The summed E-state index contributed by atoms with van der Waals surface area (Å²) in [6, 6.07) is 2.94. The maximum absolute atomic E-state index is 12.7. The zero-order valence-electron chi connectivity index (χ0n) is 14.8. The average Bonchev–Trinajstić information content (AvgIpc) is 3.03. The van der Waals surface area contributed by atoms with Gasteiger partial charge >= 0.3 is 6.03 Å². The van der Waals surface area contributed by atoms with Crippen LogP contribution in [0, 0.1) is 5.92 Å². The number of likely N-dealkylation sites (tertiary alicyclic amines) is 1. The van der Waals surface area contributed by atoms with Crippen LogP contribution < -0.4 is 16.2 Å². The predicted molar refractivity (Wildman–Crippen MR) is 96.1 cm³/mol. The summed E-state index contributed by atoms with van der Waals surface area (Å²) < 4.78 is 0. The number of imide groups is 1. The van der Waals surface area contributed by atoms with Crippen LogP contribution in [0.1, 0.15) is 28.9 Å². The fourth-order valence-electron chi connectivity index (χ4n) is 3.93. The van der Waals surface area contributed by atoms with Crippen LogP contribution in [-0.4, -0.2) is 50.8 Å². The van der Waals surface area contributed by atoms with Crippen molar-refractivity contribution in [2.75, 3.05) is 13.1 Å². The van der Waals surface area contributed by atoms with Gasteiger partial charge in [0.25, 0.3) is 17.4 Å². The van der Waals surface area contributed by atoms with Crippen LogP contribution in [0.25, 0.3) is 0 Å². The van der Waals surface area contributed by atoms with Gasteiger partial charge < -0.3 is 15.2 Å². The van der Waals surface area contributed by atoms with Gasteiger partial charge in [-0.1, -0.05) is 6.07 Å². The number of aromatic amines is 1. The van der Waals surface area contributed by atoms with E-state index in [2.05, 4.69) is 25.6 Å². The first-order chi connectivity index (χ1) is 13.5. The van der Waals surface area contributed by atoms with Crippen molar-refractivity contribution in [2.24, 2.45) is 5.92 Å². The average molecular weight is 382 g/mol. The van der Waals surface area contributed by atoms with Gasteiger partial charge in [0.15, 0.2) is 5.54 Å². The minimum atomic E-state index is -1.20. The van der Waals surface area contributed by atoms with Crippen LogP contribution in [0.3, 0.4) is 0 Å². The summed E-state index contributed by atoms with van der Waals surface area (Å²) in [7, 11) is 0. The molecule has 1 unspecified atom stereocenters. The molecule has 28 heavy (non-hydrogen) atoms. The highest BCUT2D eigenvalue weighted by molar-refractivity contribution is 6.07. The van der Waals surface area contributed by atoms with Gasteiger partial charge in [-0.15, -0.1) is 0 Å². The Kier molecular flexibility index (Phi) is 4.38. The number of rotatable bonds is 3. The van der Waals surface area contributed by atoms with Crippen LogP contribution in [0.5, 0.6) is 0 Å². The quantitative estimate of drug-likeness (QED) is 0.626. The van der Waals surface area contributed by atoms with Crippen molar-refractivity contribution in [1.29, 1.82) is 0 Å². The molecule has 0 bridgehead atoms. The van der Waals surface area contributed by atoms with Gasteiger partial charge in [0.05, 0.1) is 6.20 Å². The van der Waals surface area contributed by atoms with Crippen LogP contribution in [-0.2, 0) is 10.3 Å². The first-order valence-corrected chi connectivity index (χ1v) is 8.89. The van der Waals surface area contributed by atoms with E-state index in [1.165, 1.54) is 6.20 Å². The first kappa shape index (κ1) is 17.8. The van der Waals surface area contributed by atoms with E-state index in [-0.39, 0.29) is 23.1 Å². The molecule has 10 nitrogen and oxygen atoms in total. The molecule has 3 N–H and O–H groups in total. The Morgan fingerprint density at radius 1 is 1.18 bits per heavy atom. The fraction of sp³-hybridized carbons (Fsp3) is 0.333. The lowest BCUT2D eigenvalue weighted by Gasteiger charge is -2.40. The topological polar surface area (TPSA) is 137 Å². The third-order valence-electron chi connectivity index (χ3n) is 5.30. The van der Waals surface area contributed by atoms with E-state index in [9.17, 15) is 19.2 Å². The molecule has 2 aliphatic rings. The number of nitrogens with one attached hydrogen (secondary N) is 3. The number of pyridine rings is 1. The number of hydrogen-bond donors (Lipinski definition) is 3. The second-order valence-electron chi connectivity index (χ2n) is 6.82. The van der Waals surface area contributed by atoms with Crippen molar-refractivity contribution in [3.63, 3.8) is 0 Å². The number of aromatic nitrogens is 3. The van der Waals surface area contributed by atoms with Gasteiger partial charge in [0.1, 0.15) is 5.69 Å². The summed E-state index contributed by atoms with van der Waals surface area (Å²) in [5.74, 6) is -0.890. The molecular formula is C18H18N6O4. The zero-order valence-corrected chi connectivity index (χ0v) is 14.8. The fourth-order valence-corrected chi connectivity index (χ4v) is 3.93. The second-order valence-corrected chi connectivity index (χ2v) is 6.82. The van der Waals surface area contributed by atoms with Gasteiger partial charge in [-0.05, 0) is 24.8 Å². The number of nitrogens with zero attached hydrogens (tertiary/aromatic N) is 3. The Labute approximate surface area is 159 Å².